The zero-order valence-electron chi connectivity index (χ0n) is 6.62. The molecule has 3 heteroatoms. The number of amides is 1. The summed E-state index contributed by atoms with van der Waals surface area (Å²) in [6.45, 7) is 0.942. The molecule has 2 heterocycles. The standard InChI is InChI=1S/C8H14N2O/c9-7-5-6-3-1-2-4-10(6)8(7)11/h6-7H,1-5,9H2/t6-,7+/m1/s1. The van der Waals surface area contributed by atoms with Crippen LogP contribution in [0.4, 0.5) is 0 Å². The number of nitrogens with zero attached hydrogens (tertiary/aromatic N) is 1. The molecule has 11 heavy (non-hydrogen) atoms. The molecule has 2 N–H and O–H groups in total. The SMILES string of the molecule is N[C@H]1C[C@H]2CCCCN2C1=O. The normalized spacial score (nSPS) is 37.5. The lowest BCUT2D eigenvalue weighted by Gasteiger charge is -2.28. The first-order valence-electron chi connectivity index (χ1n) is 4.35. The highest BCUT2D eigenvalue weighted by atomic mass is 16.2. The van der Waals surface area contributed by atoms with Crippen LogP contribution in [-0.4, -0.2) is 29.4 Å². The van der Waals surface area contributed by atoms with Crippen LogP contribution in [0.15, 0.2) is 0 Å². The lowest BCUT2D eigenvalue weighted by atomic mass is 10.0. The third kappa shape index (κ3) is 1.03. The molecular weight excluding hydrogens is 140 g/mol. The van der Waals surface area contributed by atoms with Crippen LogP contribution in [0.2, 0.25) is 0 Å². The molecule has 2 aliphatic rings. The van der Waals surface area contributed by atoms with Crippen LogP contribution in [0.5, 0.6) is 0 Å². The van der Waals surface area contributed by atoms with E-state index >= 15 is 0 Å². The monoisotopic (exact) mass is 154 g/mol. The predicted molar refractivity (Wildman–Crippen MR) is 41.9 cm³/mol. The second kappa shape index (κ2) is 2.48. The molecule has 0 unspecified atom stereocenters. The number of hydrogen-bond acceptors (Lipinski definition) is 2. The van der Waals surface area contributed by atoms with Crippen LogP contribution in [0.25, 0.3) is 0 Å². The maximum atomic E-state index is 11.3. The third-order valence-corrected chi connectivity index (χ3v) is 2.75. The van der Waals surface area contributed by atoms with Gasteiger partial charge in [-0.15, -0.1) is 0 Å². The van der Waals surface area contributed by atoms with Crippen LogP contribution in [0, 0.1) is 0 Å². The molecular formula is C8H14N2O. The van der Waals surface area contributed by atoms with E-state index in [1.54, 1.807) is 0 Å². The number of rotatable bonds is 0. The molecule has 0 spiro atoms. The quantitative estimate of drug-likeness (QED) is 0.538. The van der Waals surface area contributed by atoms with Crippen molar-refractivity contribution in [2.75, 3.05) is 6.54 Å². The van der Waals surface area contributed by atoms with Crippen LogP contribution in [-0.2, 0) is 4.79 Å². The summed E-state index contributed by atoms with van der Waals surface area (Å²) in [5, 5.41) is 0. The van der Waals surface area contributed by atoms with Crippen molar-refractivity contribution in [3.05, 3.63) is 0 Å². The molecule has 0 aliphatic carbocycles. The van der Waals surface area contributed by atoms with E-state index in [1.165, 1.54) is 12.8 Å². The molecule has 2 aliphatic heterocycles. The number of fused-ring (bicyclic) bond motifs is 1. The molecule has 2 saturated heterocycles. The van der Waals surface area contributed by atoms with Crippen molar-refractivity contribution >= 4 is 5.91 Å². The first kappa shape index (κ1) is 7.10. The van der Waals surface area contributed by atoms with E-state index in [4.69, 9.17) is 5.73 Å². The van der Waals surface area contributed by atoms with E-state index in [-0.39, 0.29) is 11.9 Å². The molecule has 0 bridgehead atoms. The van der Waals surface area contributed by atoms with E-state index in [9.17, 15) is 4.79 Å². The molecule has 0 saturated carbocycles. The van der Waals surface area contributed by atoms with Crippen molar-refractivity contribution in [1.29, 1.82) is 0 Å². The van der Waals surface area contributed by atoms with Gasteiger partial charge in [0.1, 0.15) is 0 Å². The van der Waals surface area contributed by atoms with Crippen LogP contribution in [0.1, 0.15) is 25.7 Å². The van der Waals surface area contributed by atoms with Gasteiger partial charge < -0.3 is 10.6 Å². The molecule has 62 valence electrons. The van der Waals surface area contributed by atoms with Crippen molar-refractivity contribution < 1.29 is 4.79 Å². The Balaban J connectivity index is 2.11. The smallest absolute Gasteiger partial charge is 0.239 e. The fraction of sp³-hybridized carbons (Fsp3) is 0.875. The summed E-state index contributed by atoms with van der Waals surface area (Å²) < 4.78 is 0. The fourth-order valence-corrected chi connectivity index (χ4v) is 2.14. The van der Waals surface area contributed by atoms with Gasteiger partial charge in [-0.05, 0) is 25.7 Å². The Morgan fingerprint density at radius 2 is 2.27 bits per heavy atom. The molecule has 0 aromatic rings. The van der Waals surface area contributed by atoms with Crippen LogP contribution >= 0.6 is 0 Å². The first-order chi connectivity index (χ1) is 5.29. The number of nitrogens with two attached hydrogens (primary N) is 1. The molecule has 2 atom stereocenters. The Morgan fingerprint density at radius 3 is 3.00 bits per heavy atom. The van der Waals surface area contributed by atoms with Crippen molar-refractivity contribution in [2.45, 2.75) is 37.8 Å². The summed E-state index contributed by atoms with van der Waals surface area (Å²) in [6.07, 6.45) is 4.48. The minimum absolute atomic E-state index is 0.176. The number of hydrogen-bond donors (Lipinski definition) is 1. The zero-order chi connectivity index (χ0) is 7.84. The average molecular weight is 154 g/mol. The summed E-state index contributed by atoms with van der Waals surface area (Å²) in [5.74, 6) is 0.176. The summed E-state index contributed by atoms with van der Waals surface area (Å²) in [5.41, 5.74) is 5.65. The fourth-order valence-electron chi connectivity index (χ4n) is 2.14. The van der Waals surface area contributed by atoms with Gasteiger partial charge in [-0.2, -0.15) is 0 Å². The Morgan fingerprint density at radius 1 is 1.45 bits per heavy atom. The van der Waals surface area contributed by atoms with E-state index in [2.05, 4.69) is 0 Å². The van der Waals surface area contributed by atoms with E-state index in [0.29, 0.717) is 6.04 Å². The van der Waals surface area contributed by atoms with Crippen LogP contribution in [0.3, 0.4) is 0 Å². The van der Waals surface area contributed by atoms with Gasteiger partial charge >= 0.3 is 0 Å². The van der Waals surface area contributed by atoms with Gasteiger partial charge in [-0.3, -0.25) is 4.79 Å². The van der Waals surface area contributed by atoms with Crippen LogP contribution < -0.4 is 5.73 Å². The predicted octanol–water partition coefficient (Wildman–Crippen LogP) is 0.0985. The Kier molecular flexibility index (Phi) is 1.60. The summed E-state index contributed by atoms with van der Waals surface area (Å²) >= 11 is 0. The molecule has 1 amide bonds. The molecule has 2 rings (SSSR count). The maximum absolute atomic E-state index is 11.3. The highest BCUT2D eigenvalue weighted by Crippen LogP contribution is 2.26. The third-order valence-electron chi connectivity index (χ3n) is 2.75. The summed E-state index contributed by atoms with van der Waals surface area (Å²) in [4.78, 5) is 13.3. The number of piperidine rings is 1. The summed E-state index contributed by atoms with van der Waals surface area (Å²) in [7, 11) is 0. The molecule has 0 radical (unpaired) electrons. The topological polar surface area (TPSA) is 46.3 Å². The van der Waals surface area contributed by atoms with Crippen molar-refractivity contribution in [2.24, 2.45) is 5.73 Å². The Labute approximate surface area is 66.5 Å². The van der Waals surface area contributed by atoms with Gasteiger partial charge in [0.05, 0.1) is 6.04 Å². The second-order valence-electron chi connectivity index (χ2n) is 3.52. The zero-order valence-corrected chi connectivity index (χ0v) is 6.62. The minimum Gasteiger partial charge on any atom is -0.338 e. The first-order valence-corrected chi connectivity index (χ1v) is 4.35. The van der Waals surface area contributed by atoms with Crippen molar-refractivity contribution in [1.82, 2.24) is 4.90 Å². The molecule has 0 aromatic heterocycles. The number of carbonyl (C=O) groups excluding carboxylic acids is 1. The average Bonchev–Trinajstić information content (AvgIpc) is 2.30. The van der Waals surface area contributed by atoms with E-state index < -0.39 is 0 Å². The van der Waals surface area contributed by atoms with E-state index in [1.807, 2.05) is 4.90 Å². The lowest BCUT2D eigenvalue weighted by molar-refractivity contribution is -0.130. The van der Waals surface area contributed by atoms with E-state index in [0.717, 1.165) is 19.4 Å². The van der Waals surface area contributed by atoms with Crippen molar-refractivity contribution in [3.8, 4) is 0 Å². The van der Waals surface area contributed by atoms with Gasteiger partial charge in [0.2, 0.25) is 5.91 Å². The minimum atomic E-state index is -0.196. The lowest BCUT2D eigenvalue weighted by Crippen LogP contribution is -2.39. The van der Waals surface area contributed by atoms with Crippen molar-refractivity contribution in [3.63, 3.8) is 0 Å². The maximum Gasteiger partial charge on any atom is 0.239 e. The highest BCUT2D eigenvalue weighted by molar-refractivity contribution is 5.84. The largest absolute Gasteiger partial charge is 0.338 e. The van der Waals surface area contributed by atoms with Gasteiger partial charge in [-0.25, -0.2) is 0 Å². The van der Waals surface area contributed by atoms with Gasteiger partial charge in [0, 0.05) is 12.6 Å². The van der Waals surface area contributed by atoms with Gasteiger partial charge in [-0.1, -0.05) is 0 Å². The molecule has 0 aromatic carbocycles. The highest BCUT2D eigenvalue weighted by Gasteiger charge is 2.37. The molecule has 3 nitrogen and oxygen atoms in total. The Hall–Kier alpha value is -0.570. The molecule has 2 fully saturated rings. The van der Waals surface area contributed by atoms with Gasteiger partial charge in [0.15, 0.2) is 0 Å². The second-order valence-corrected chi connectivity index (χ2v) is 3.52. The summed E-state index contributed by atoms with van der Waals surface area (Å²) in [6, 6.07) is 0.282. The Bertz CT molecular complexity index is 181. The number of carbonyl (C=O) groups is 1. The van der Waals surface area contributed by atoms with Gasteiger partial charge in [0.25, 0.3) is 0 Å².